The summed E-state index contributed by atoms with van der Waals surface area (Å²) in [6.45, 7) is 9.64. The van der Waals surface area contributed by atoms with Gasteiger partial charge in [0, 0.05) is 31.1 Å². The zero-order chi connectivity index (χ0) is 14.7. The number of piperidine rings is 1. The third-order valence-corrected chi connectivity index (χ3v) is 4.41. The van der Waals surface area contributed by atoms with E-state index in [9.17, 15) is 0 Å². The van der Waals surface area contributed by atoms with Crippen LogP contribution in [-0.4, -0.2) is 40.4 Å². The number of para-hydroxylation sites is 1. The molecule has 1 atom stereocenters. The van der Waals surface area contributed by atoms with Gasteiger partial charge in [-0.15, -0.1) is 0 Å². The Bertz CT molecular complexity index is 587. The SMILES string of the molecule is CCNC1CCCN(Cc2nn(CC)c3ccccc23)C1. The van der Waals surface area contributed by atoms with Crippen molar-refractivity contribution in [3.8, 4) is 0 Å². The number of rotatable bonds is 5. The van der Waals surface area contributed by atoms with E-state index in [0.717, 1.165) is 26.2 Å². The summed E-state index contributed by atoms with van der Waals surface area (Å²) in [6, 6.07) is 9.23. The van der Waals surface area contributed by atoms with Crippen LogP contribution in [-0.2, 0) is 13.1 Å². The van der Waals surface area contributed by atoms with Crippen LogP contribution in [0.15, 0.2) is 24.3 Å². The van der Waals surface area contributed by atoms with Crippen LogP contribution >= 0.6 is 0 Å². The number of likely N-dealkylation sites (N-methyl/N-ethyl adjacent to an activating group) is 1. The second-order valence-electron chi connectivity index (χ2n) is 5.91. The van der Waals surface area contributed by atoms with E-state index < -0.39 is 0 Å². The first-order valence-corrected chi connectivity index (χ1v) is 8.22. The Labute approximate surface area is 127 Å². The van der Waals surface area contributed by atoms with Crippen LogP contribution < -0.4 is 5.32 Å². The van der Waals surface area contributed by atoms with Crippen molar-refractivity contribution in [3.63, 3.8) is 0 Å². The maximum Gasteiger partial charge on any atom is 0.0843 e. The Morgan fingerprint density at radius 1 is 1.29 bits per heavy atom. The van der Waals surface area contributed by atoms with E-state index in [4.69, 9.17) is 5.10 Å². The molecule has 1 N–H and O–H groups in total. The number of nitrogens with one attached hydrogen (secondary N) is 1. The van der Waals surface area contributed by atoms with E-state index >= 15 is 0 Å². The molecule has 4 heteroatoms. The second-order valence-corrected chi connectivity index (χ2v) is 5.91. The van der Waals surface area contributed by atoms with Crippen molar-refractivity contribution in [2.45, 2.75) is 45.8 Å². The lowest BCUT2D eigenvalue weighted by molar-refractivity contribution is 0.183. The average Bonchev–Trinajstić information content (AvgIpc) is 2.86. The number of nitrogens with zero attached hydrogens (tertiary/aromatic N) is 3. The van der Waals surface area contributed by atoms with Crippen molar-refractivity contribution >= 4 is 10.9 Å². The van der Waals surface area contributed by atoms with Crippen LogP contribution in [0.25, 0.3) is 10.9 Å². The summed E-state index contributed by atoms with van der Waals surface area (Å²) in [5.41, 5.74) is 2.49. The lowest BCUT2D eigenvalue weighted by atomic mass is 10.1. The molecule has 1 aliphatic rings. The van der Waals surface area contributed by atoms with Gasteiger partial charge in [-0.1, -0.05) is 25.1 Å². The number of aryl methyl sites for hydroxylation is 1. The summed E-state index contributed by atoms with van der Waals surface area (Å²) in [5.74, 6) is 0. The molecule has 1 aliphatic heterocycles. The monoisotopic (exact) mass is 286 g/mol. The van der Waals surface area contributed by atoms with Crippen LogP contribution in [0.4, 0.5) is 0 Å². The Morgan fingerprint density at radius 3 is 2.95 bits per heavy atom. The average molecular weight is 286 g/mol. The second kappa shape index (κ2) is 6.58. The van der Waals surface area contributed by atoms with E-state index in [2.05, 4.69) is 53.0 Å². The molecule has 4 nitrogen and oxygen atoms in total. The van der Waals surface area contributed by atoms with Gasteiger partial charge in [0.2, 0.25) is 0 Å². The molecule has 1 aromatic carbocycles. The molecule has 21 heavy (non-hydrogen) atoms. The van der Waals surface area contributed by atoms with Crippen LogP contribution in [0.1, 0.15) is 32.4 Å². The molecular formula is C17H26N4. The Hall–Kier alpha value is -1.39. The smallest absolute Gasteiger partial charge is 0.0843 e. The lowest BCUT2D eigenvalue weighted by Gasteiger charge is -2.32. The molecule has 1 saturated heterocycles. The van der Waals surface area contributed by atoms with E-state index in [1.54, 1.807) is 0 Å². The highest BCUT2D eigenvalue weighted by atomic mass is 15.3. The number of fused-ring (bicyclic) bond motifs is 1. The number of hydrogen-bond acceptors (Lipinski definition) is 3. The quantitative estimate of drug-likeness (QED) is 0.917. The molecule has 0 radical (unpaired) electrons. The third-order valence-electron chi connectivity index (χ3n) is 4.41. The largest absolute Gasteiger partial charge is 0.313 e. The third kappa shape index (κ3) is 3.11. The zero-order valence-corrected chi connectivity index (χ0v) is 13.2. The molecule has 114 valence electrons. The van der Waals surface area contributed by atoms with Crippen molar-refractivity contribution < 1.29 is 0 Å². The standard InChI is InChI=1S/C17H26N4/c1-3-18-14-8-7-11-20(12-14)13-16-15-9-5-6-10-17(15)21(4-2)19-16/h5-6,9-10,14,18H,3-4,7-8,11-13H2,1-2H3. The molecule has 1 unspecified atom stereocenters. The first kappa shape index (κ1) is 14.5. The summed E-state index contributed by atoms with van der Waals surface area (Å²) < 4.78 is 2.12. The minimum atomic E-state index is 0.642. The maximum absolute atomic E-state index is 4.83. The molecule has 2 heterocycles. The zero-order valence-electron chi connectivity index (χ0n) is 13.2. The van der Waals surface area contributed by atoms with Gasteiger partial charge in [-0.2, -0.15) is 5.10 Å². The predicted molar refractivity (Wildman–Crippen MR) is 87.4 cm³/mol. The summed E-state index contributed by atoms with van der Waals surface area (Å²) in [6.07, 6.45) is 2.58. The summed E-state index contributed by atoms with van der Waals surface area (Å²) in [7, 11) is 0. The van der Waals surface area contributed by atoms with E-state index in [1.165, 1.54) is 36.0 Å². The fraction of sp³-hybridized carbons (Fsp3) is 0.588. The van der Waals surface area contributed by atoms with E-state index in [1.807, 2.05) is 0 Å². The molecule has 0 bridgehead atoms. The topological polar surface area (TPSA) is 33.1 Å². The number of likely N-dealkylation sites (tertiary alicyclic amines) is 1. The van der Waals surface area contributed by atoms with Crippen molar-refractivity contribution in [2.75, 3.05) is 19.6 Å². The minimum Gasteiger partial charge on any atom is -0.313 e. The maximum atomic E-state index is 4.83. The molecule has 0 aliphatic carbocycles. The first-order chi connectivity index (χ1) is 10.3. The van der Waals surface area contributed by atoms with Crippen LogP contribution in [0.3, 0.4) is 0 Å². The number of aromatic nitrogens is 2. The lowest BCUT2D eigenvalue weighted by Crippen LogP contribution is -2.45. The van der Waals surface area contributed by atoms with Gasteiger partial charge in [-0.25, -0.2) is 0 Å². The molecule has 3 rings (SSSR count). The highest BCUT2D eigenvalue weighted by molar-refractivity contribution is 5.81. The fourth-order valence-corrected chi connectivity index (χ4v) is 3.42. The predicted octanol–water partition coefficient (Wildman–Crippen LogP) is 2.63. The Balaban J connectivity index is 1.78. The van der Waals surface area contributed by atoms with Crippen LogP contribution in [0.2, 0.25) is 0 Å². The van der Waals surface area contributed by atoms with Crippen molar-refractivity contribution in [1.82, 2.24) is 20.0 Å². The summed E-state index contributed by atoms with van der Waals surface area (Å²) in [4.78, 5) is 2.55. The number of hydrogen-bond donors (Lipinski definition) is 1. The van der Waals surface area contributed by atoms with Crippen molar-refractivity contribution in [2.24, 2.45) is 0 Å². The van der Waals surface area contributed by atoms with Crippen molar-refractivity contribution in [3.05, 3.63) is 30.0 Å². The van der Waals surface area contributed by atoms with Gasteiger partial charge in [0.15, 0.2) is 0 Å². The fourth-order valence-electron chi connectivity index (χ4n) is 3.42. The normalized spacial score (nSPS) is 20.2. The minimum absolute atomic E-state index is 0.642. The molecule has 0 amide bonds. The Kier molecular flexibility index (Phi) is 4.56. The molecule has 2 aromatic rings. The summed E-state index contributed by atoms with van der Waals surface area (Å²) in [5, 5.41) is 9.72. The van der Waals surface area contributed by atoms with Gasteiger partial charge < -0.3 is 5.32 Å². The van der Waals surface area contributed by atoms with E-state index in [-0.39, 0.29) is 0 Å². The molecule has 1 fully saturated rings. The number of benzene rings is 1. The van der Waals surface area contributed by atoms with Gasteiger partial charge in [0.1, 0.15) is 0 Å². The van der Waals surface area contributed by atoms with E-state index in [0.29, 0.717) is 6.04 Å². The molecule has 0 spiro atoms. The highest BCUT2D eigenvalue weighted by Crippen LogP contribution is 2.21. The molecular weight excluding hydrogens is 260 g/mol. The van der Waals surface area contributed by atoms with Crippen LogP contribution in [0.5, 0.6) is 0 Å². The van der Waals surface area contributed by atoms with Gasteiger partial charge in [0.05, 0.1) is 11.2 Å². The highest BCUT2D eigenvalue weighted by Gasteiger charge is 2.21. The van der Waals surface area contributed by atoms with Gasteiger partial charge in [-0.05, 0) is 38.9 Å². The molecule has 0 saturated carbocycles. The molecule has 1 aromatic heterocycles. The van der Waals surface area contributed by atoms with Gasteiger partial charge >= 0.3 is 0 Å². The van der Waals surface area contributed by atoms with Gasteiger partial charge in [0.25, 0.3) is 0 Å². The first-order valence-electron chi connectivity index (χ1n) is 8.22. The Morgan fingerprint density at radius 2 is 2.14 bits per heavy atom. The van der Waals surface area contributed by atoms with Crippen LogP contribution in [0, 0.1) is 0 Å². The van der Waals surface area contributed by atoms with Crippen molar-refractivity contribution in [1.29, 1.82) is 0 Å². The van der Waals surface area contributed by atoms with Gasteiger partial charge in [-0.3, -0.25) is 9.58 Å². The summed E-state index contributed by atoms with van der Waals surface area (Å²) >= 11 is 0.